The van der Waals surface area contributed by atoms with Crippen molar-refractivity contribution in [1.82, 2.24) is 19.7 Å². The van der Waals surface area contributed by atoms with Crippen LogP contribution in [0.2, 0.25) is 0 Å². The molecule has 0 saturated carbocycles. The molecule has 0 spiro atoms. The molecule has 2 aromatic carbocycles. The number of carbonyl (C=O) groups excluding carboxylic acids is 2. The Morgan fingerprint density at radius 2 is 2.00 bits per heavy atom. The van der Waals surface area contributed by atoms with Gasteiger partial charge in [-0.15, -0.1) is 0 Å². The molecule has 2 aliphatic rings. The molecule has 1 saturated heterocycles. The summed E-state index contributed by atoms with van der Waals surface area (Å²) in [7, 11) is 2.05. The van der Waals surface area contributed by atoms with Crippen LogP contribution in [0.15, 0.2) is 46.9 Å². The van der Waals surface area contributed by atoms with Crippen LogP contribution in [0.4, 0.5) is 4.79 Å². The Kier molecular flexibility index (Phi) is 5.92. The smallest absolute Gasteiger partial charge is 0.328 e. The maximum Gasteiger partial charge on any atom is 0.328 e. The highest BCUT2D eigenvalue weighted by Gasteiger charge is 2.60. The number of fused-ring (bicyclic) bond motifs is 4. The first-order chi connectivity index (χ1) is 16.6. The molecule has 8 heteroatoms. The summed E-state index contributed by atoms with van der Waals surface area (Å²) < 4.78 is 0.956. The summed E-state index contributed by atoms with van der Waals surface area (Å²) in [5, 5.41) is 11.3. The van der Waals surface area contributed by atoms with E-state index >= 15 is 0 Å². The molecule has 2 atom stereocenters. The van der Waals surface area contributed by atoms with Gasteiger partial charge in [0, 0.05) is 40.1 Å². The van der Waals surface area contributed by atoms with Crippen LogP contribution in [0.1, 0.15) is 50.1 Å². The van der Waals surface area contributed by atoms with Gasteiger partial charge in [-0.1, -0.05) is 28.1 Å². The van der Waals surface area contributed by atoms with Crippen LogP contribution in [0, 0.1) is 0 Å². The number of nitrogens with zero attached hydrogens (tertiary/aromatic N) is 3. The van der Waals surface area contributed by atoms with Crippen molar-refractivity contribution in [2.75, 3.05) is 20.1 Å². The average Bonchev–Trinajstić information content (AvgIpc) is 3.24. The van der Waals surface area contributed by atoms with Gasteiger partial charge < -0.3 is 15.0 Å². The van der Waals surface area contributed by atoms with Crippen molar-refractivity contribution in [3.05, 3.63) is 63.8 Å². The highest BCUT2D eigenvalue weighted by molar-refractivity contribution is 9.10. The second-order valence-corrected chi connectivity index (χ2v) is 11.1. The second kappa shape index (κ2) is 8.68. The summed E-state index contributed by atoms with van der Waals surface area (Å²) in [5.41, 5.74) is 2.65. The highest BCUT2D eigenvalue weighted by atomic mass is 79.9. The first-order valence-corrected chi connectivity index (χ1v) is 12.9. The van der Waals surface area contributed by atoms with Crippen LogP contribution in [-0.2, 0) is 11.2 Å². The Morgan fingerprint density at radius 3 is 2.71 bits per heavy atom. The maximum atomic E-state index is 13.8. The highest BCUT2D eigenvalue weighted by Crippen LogP contribution is 2.49. The predicted octanol–water partition coefficient (Wildman–Crippen LogP) is 5.03. The fourth-order valence-corrected chi connectivity index (χ4v) is 5.82. The number of hydrogen-bond donors (Lipinski definition) is 2. The van der Waals surface area contributed by atoms with Gasteiger partial charge in [0.05, 0.1) is 0 Å². The van der Waals surface area contributed by atoms with Gasteiger partial charge in [0.25, 0.3) is 5.91 Å². The number of phenolic OH excluding ortho intramolecular Hbond substituents is 1. The van der Waals surface area contributed by atoms with Gasteiger partial charge >= 0.3 is 6.03 Å². The molecule has 7 nitrogen and oxygen atoms in total. The first kappa shape index (κ1) is 23.9. The molecule has 0 aliphatic carbocycles. The van der Waals surface area contributed by atoms with Crippen molar-refractivity contribution in [2.45, 2.75) is 51.2 Å². The number of imide groups is 1. The van der Waals surface area contributed by atoms with Crippen LogP contribution < -0.4 is 0 Å². The minimum atomic E-state index is -1.01. The largest absolute Gasteiger partial charge is 0.508 e. The van der Waals surface area contributed by atoms with E-state index in [1.165, 1.54) is 4.90 Å². The molecular formula is C27H31BrN4O3. The number of H-pyrrole nitrogens is 1. The van der Waals surface area contributed by atoms with E-state index in [4.69, 9.17) is 0 Å². The van der Waals surface area contributed by atoms with Gasteiger partial charge in [-0.25, -0.2) is 4.79 Å². The molecule has 184 valence electrons. The lowest BCUT2D eigenvalue weighted by Crippen LogP contribution is -2.53. The summed E-state index contributed by atoms with van der Waals surface area (Å²) in [6.07, 6.45) is 1.15. The zero-order chi connectivity index (χ0) is 25.1. The van der Waals surface area contributed by atoms with Crippen molar-refractivity contribution in [1.29, 1.82) is 0 Å². The SMILES string of the molecule is CC(C)N(C)CCCN1C(=O)N2C(c3cccc(O)c3)c3[nH]c4ccc(Br)cc4c3CC2(C)C1=O. The van der Waals surface area contributed by atoms with E-state index in [0.29, 0.717) is 25.4 Å². The van der Waals surface area contributed by atoms with E-state index < -0.39 is 11.6 Å². The molecule has 35 heavy (non-hydrogen) atoms. The topological polar surface area (TPSA) is 79.9 Å². The fourth-order valence-electron chi connectivity index (χ4n) is 5.46. The summed E-state index contributed by atoms with van der Waals surface area (Å²) in [6, 6.07) is 12.6. The van der Waals surface area contributed by atoms with Crippen LogP contribution in [-0.4, -0.2) is 68.4 Å². The van der Waals surface area contributed by atoms with E-state index in [2.05, 4.69) is 52.8 Å². The number of phenols is 1. The molecular weight excluding hydrogens is 508 g/mol. The number of benzene rings is 2. The molecule has 0 bridgehead atoms. The number of rotatable bonds is 6. The molecule has 5 rings (SSSR count). The van der Waals surface area contributed by atoms with Gasteiger partial charge in [0.1, 0.15) is 17.3 Å². The Labute approximate surface area is 213 Å². The summed E-state index contributed by atoms with van der Waals surface area (Å²) in [5.74, 6) is -0.0309. The van der Waals surface area contributed by atoms with Crippen molar-refractivity contribution >= 4 is 38.8 Å². The van der Waals surface area contributed by atoms with Crippen LogP contribution >= 0.6 is 15.9 Å². The summed E-state index contributed by atoms with van der Waals surface area (Å²) >= 11 is 3.57. The molecule has 1 fully saturated rings. The van der Waals surface area contributed by atoms with E-state index in [0.717, 1.165) is 38.7 Å². The zero-order valence-electron chi connectivity index (χ0n) is 20.5. The molecule has 3 aromatic rings. The molecule has 3 heterocycles. The van der Waals surface area contributed by atoms with E-state index in [1.807, 2.05) is 25.1 Å². The minimum Gasteiger partial charge on any atom is -0.508 e. The van der Waals surface area contributed by atoms with Crippen LogP contribution in [0.3, 0.4) is 0 Å². The molecule has 1 aromatic heterocycles. The van der Waals surface area contributed by atoms with Crippen molar-refractivity contribution in [3.8, 4) is 5.75 Å². The predicted molar refractivity (Wildman–Crippen MR) is 139 cm³/mol. The van der Waals surface area contributed by atoms with Gasteiger partial charge in [-0.05, 0) is 82.2 Å². The summed E-state index contributed by atoms with van der Waals surface area (Å²) in [4.78, 5) is 36.6. The monoisotopic (exact) mass is 538 g/mol. The number of halogens is 1. The number of nitrogens with one attached hydrogen (secondary N) is 1. The second-order valence-electron chi connectivity index (χ2n) is 10.2. The zero-order valence-corrected chi connectivity index (χ0v) is 22.1. The number of urea groups is 1. The number of carbonyl (C=O) groups is 2. The van der Waals surface area contributed by atoms with Gasteiger partial charge in [-0.2, -0.15) is 0 Å². The van der Waals surface area contributed by atoms with Crippen LogP contribution in [0.25, 0.3) is 10.9 Å². The third kappa shape index (κ3) is 3.83. The van der Waals surface area contributed by atoms with Gasteiger partial charge in [0.2, 0.25) is 0 Å². The number of aromatic hydroxyl groups is 1. The molecule has 0 radical (unpaired) electrons. The third-order valence-electron chi connectivity index (χ3n) is 7.59. The Balaban J connectivity index is 1.59. The Bertz CT molecular complexity index is 1320. The number of aromatic amines is 1. The van der Waals surface area contributed by atoms with Crippen molar-refractivity contribution in [3.63, 3.8) is 0 Å². The Hall–Kier alpha value is -2.84. The van der Waals surface area contributed by atoms with Gasteiger partial charge in [-0.3, -0.25) is 14.6 Å². The average molecular weight is 539 g/mol. The first-order valence-electron chi connectivity index (χ1n) is 12.1. The Morgan fingerprint density at radius 1 is 1.23 bits per heavy atom. The quantitative estimate of drug-likeness (QED) is 0.431. The normalized spacial score (nSPS) is 22.0. The molecule has 2 unspecified atom stereocenters. The third-order valence-corrected chi connectivity index (χ3v) is 8.08. The lowest BCUT2D eigenvalue weighted by atomic mass is 9.81. The fraction of sp³-hybridized carbons (Fsp3) is 0.407. The van der Waals surface area contributed by atoms with Crippen molar-refractivity contribution < 1.29 is 14.7 Å². The number of aromatic nitrogens is 1. The molecule has 2 N–H and O–H groups in total. The van der Waals surface area contributed by atoms with Gasteiger partial charge in [0.15, 0.2) is 0 Å². The number of amides is 3. The molecule has 2 aliphatic heterocycles. The minimum absolute atomic E-state index is 0.127. The van der Waals surface area contributed by atoms with E-state index in [1.54, 1.807) is 23.1 Å². The lowest BCUT2D eigenvalue weighted by Gasteiger charge is -2.42. The number of hydrogen-bond acceptors (Lipinski definition) is 4. The van der Waals surface area contributed by atoms with Crippen LogP contribution in [0.5, 0.6) is 5.75 Å². The summed E-state index contributed by atoms with van der Waals surface area (Å²) in [6.45, 7) is 7.32. The lowest BCUT2D eigenvalue weighted by molar-refractivity contribution is -0.133. The maximum absolute atomic E-state index is 13.8. The standard InChI is InChI=1S/C27H31BrN4O3/c1-16(2)30(4)11-6-12-31-25(34)27(3)15-21-20-14-18(28)9-10-22(20)29-23(21)24(32(27)26(31)35)17-7-5-8-19(33)13-17/h5,7-10,13-14,16,24,29,33H,6,11-12,15H2,1-4H3. The van der Waals surface area contributed by atoms with E-state index in [-0.39, 0.29) is 17.7 Å². The van der Waals surface area contributed by atoms with Crippen molar-refractivity contribution in [2.24, 2.45) is 0 Å². The van der Waals surface area contributed by atoms with E-state index in [9.17, 15) is 14.7 Å². The molecule has 3 amide bonds.